The van der Waals surface area contributed by atoms with Crippen LogP contribution >= 0.6 is 0 Å². The number of anilines is 1. The lowest BCUT2D eigenvalue weighted by Crippen LogP contribution is -2.39. The van der Waals surface area contributed by atoms with E-state index in [1.807, 2.05) is 31.2 Å². The summed E-state index contributed by atoms with van der Waals surface area (Å²) in [5.41, 5.74) is 6.64. The van der Waals surface area contributed by atoms with Gasteiger partial charge in [-0.25, -0.2) is 0 Å². The van der Waals surface area contributed by atoms with Gasteiger partial charge >= 0.3 is 0 Å². The number of amides is 1. The molecule has 0 aromatic heterocycles. The number of para-hydroxylation sites is 1. The van der Waals surface area contributed by atoms with Gasteiger partial charge in [-0.2, -0.15) is 0 Å². The fourth-order valence-corrected chi connectivity index (χ4v) is 1.37. The molecule has 1 aromatic rings. The normalized spacial score (nSPS) is 13.2. The van der Waals surface area contributed by atoms with Gasteiger partial charge in [-0.3, -0.25) is 4.79 Å². The van der Waals surface area contributed by atoms with Crippen molar-refractivity contribution in [2.75, 3.05) is 12.4 Å². The second-order valence-corrected chi connectivity index (χ2v) is 4.54. The molecule has 1 unspecified atom stereocenters. The number of ether oxygens (including phenoxy) is 1. The van der Waals surface area contributed by atoms with Crippen LogP contribution in [0.3, 0.4) is 0 Å². The summed E-state index contributed by atoms with van der Waals surface area (Å²) in [6.07, 6.45) is 0. The summed E-state index contributed by atoms with van der Waals surface area (Å²) < 4.78 is 5.13. The maximum Gasteiger partial charge on any atom is 0.256 e. The third kappa shape index (κ3) is 3.28. The van der Waals surface area contributed by atoms with Crippen LogP contribution in [0.5, 0.6) is 0 Å². The number of hydrogen-bond donors (Lipinski definition) is 2. The monoisotopic (exact) mass is 236 g/mol. The molecular formula is C13H20N2O2. The minimum absolute atomic E-state index is 0.128. The molecule has 4 nitrogen and oxygen atoms in total. The first-order valence-corrected chi connectivity index (χ1v) is 5.59. The van der Waals surface area contributed by atoms with Crippen LogP contribution in [0.15, 0.2) is 24.3 Å². The summed E-state index contributed by atoms with van der Waals surface area (Å²) in [5.74, 6) is -0.187. The molecule has 94 valence electrons. The average molecular weight is 236 g/mol. The van der Waals surface area contributed by atoms with Crippen LogP contribution in [0.1, 0.15) is 32.4 Å². The SMILES string of the molecule is COC(C)(C)C(=O)Nc1ccccc1C(C)N. The third-order valence-electron chi connectivity index (χ3n) is 2.76. The molecule has 0 saturated heterocycles. The Morgan fingerprint density at radius 2 is 2.00 bits per heavy atom. The Morgan fingerprint density at radius 1 is 1.41 bits per heavy atom. The van der Waals surface area contributed by atoms with Crippen molar-refractivity contribution in [2.45, 2.75) is 32.4 Å². The van der Waals surface area contributed by atoms with Gasteiger partial charge in [0.1, 0.15) is 5.60 Å². The highest BCUT2D eigenvalue weighted by Gasteiger charge is 2.27. The van der Waals surface area contributed by atoms with Crippen LogP contribution in [0.4, 0.5) is 5.69 Å². The second-order valence-electron chi connectivity index (χ2n) is 4.54. The molecule has 4 heteroatoms. The summed E-state index contributed by atoms with van der Waals surface area (Å²) >= 11 is 0. The van der Waals surface area contributed by atoms with E-state index in [1.165, 1.54) is 7.11 Å². The Balaban J connectivity index is 2.93. The van der Waals surface area contributed by atoms with Crippen molar-refractivity contribution >= 4 is 11.6 Å². The van der Waals surface area contributed by atoms with Gasteiger partial charge < -0.3 is 15.8 Å². The first-order chi connectivity index (χ1) is 7.88. The molecular weight excluding hydrogens is 216 g/mol. The largest absolute Gasteiger partial charge is 0.369 e. The number of nitrogens with two attached hydrogens (primary N) is 1. The van der Waals surface area contributed by atoms with Gasteiger partial charge in [-0.05, 0) is 32.4 Å². The van der Waals surface area contributed by atoms with E-state index in [1.54, 1.807) is 13.8 Å². The number of methoxy groups -OCH3 is 1. The van der Waals surface area contributed by atoms with Crippen LogP contribution in [-0.2, 0) is 9.53 Å². The summed E-state index contributed by atoms with van der Waals surface area (Å²) in [5, 5.41) is 2.84. The minimum Gasteiger partial charge on any atom is -0.369 e. The molecule has 0 radical (unpaired) electrons. The maximum absolute atomic E-state index is 12.0. The molecule has 0 saturated carbocycles. The standard InChI is InChI=1S/C13H20N2O2/c1-9(14)10-7-5-6-8-11(10)15-12(16)13(2,3)17-4/h5-9H,14H2,1-4H3,(H,15,16). The second kappa shape index (κ2) is 5.29. The van der Waals surface area contributed by atoms with E-state index in [-0.39, 0.29) is 11.9 Å². The van der Waals surface area contributed by atoms with Gasteiger partial charge in [-0.1, -0.05) is 18.2 Å². The van der Waals surface area contributed by atoms with Crippen molar-refractivity contribution in [3.8, 4) is 0 Å². The molecule has 0 fully saturated rings. The van der Waals surface area contributed by atoms with E-state index < -0.39 is 5.60 Å². The Morgan fingerprint density at radius 3 is 2.53 bits per heavy atom. The lowest BCUT2D eigenvalue weighted by molar-refractivity contribution is -0.133. The van der Waals surface area contributed by atoms with E-state index in [2.05, 4.69) is 5.32 Å². The third-order valence-corrected chi connectivity index (χ3v) is 2.76. The predicted octanol–water partition coefficient (Wildman–Crippen LogP) is 2.07. The summed E-state index contributed by atoms with van der Waals surface area (Å²) in [6, 6.07) is 7.37. The van der Waals surface area contributed by atoms with Gasteiger partial charge in [0.05, 0.1) is 0 Å². The Kier molecular flexibility index (Phi) is 4.26. The fourth-order valence-electron chi connectivity index (χ4n) is 1.37. The molecule has 17 heavy (non-hydrogen) atoms. The number of carbonyl (C=O) groups excluding carboxylic acids is 1. The molecule has 3 N–H and O–H groups in total. The first kappa shape index (κ1) is 13.7. The predicted molar refractivity (Wildman–Crippen MR) is 68.8 cm³/mol. The molecule has 0 spiro atoms. The number of rotatable bonds is 4. The zero-order valence-electron chi connectivity index (χ0n) is 10.8. The van der Waals surface area contributed by atoms with Crippen LogP contribution in [-0.4, -0.2) is 18.6 Å². The highest BCUT2D eigenvalue weighted by atomic mass is 16.5. The number of carbonyl (C=O) groups is 1. The van der Waals surface area contributed by atoms with Crippen LogP contribution in [0, 0.1) is 0 Å². The van der Waals surface area contributed by atoms with E-state index in [0.29, 0.717) is 0 Å². The topological polar surface area (TPSA) is 64.3 Å². The van der Waals surface area contributed by atoms with E-state index in [0.717, 1.165) is 11.3 Å². The van der Waals surface area contributed by atoms with Gasteiger partial charge in [-0.15, -0.1) is 0 Å². The van der Waals surface area contributed by atoms with E-state index in [4.69, 9.17) is 10.5 Å². The highest BCUT2D eigenvalue weighted by molar-refractivity contribution is 5.97. The van der Waals surface area contributed by atoms with Crippen molar-refractivity contribution in [3.05, 3.63) is 29.8 Å². The molecule has 0 bridgehead atoms. The molecule has 1 aromatic carbocycles. The van der Waals surface area contributed by atoms with Crippen molar-refractivity contribution in [3.63, 3.8) is 0 Å². The maximum atomic E-state index is 12.0. The Hall–Kier alpha value is -1.39. The van der Waals surface area contributed by atoms with Crippen LogP contribution < -0.4 is 11.1 Å². The zero-order chi connectivity index (χ0) is 13.1. The number of benzene rings is 1. The Labute approximate surface area is 102 Å². The number of nitrogens with one attached hydrogen (secondary N) is 1. The van der Waals surface area contributed by atoms with E-state index >= 15 is 0 Å². The van der Waals surface area contributed by atoms with Gasteiger partial charge in [0.25, 0.3) is 5.91 Å². The summed E-state index contributed by atoms with van der Waals surface area (Å²) in [6.45, 7) is 5.32. The minimum atomic E-state index is -0.856. The van der Waals surface area contributed by atoms with Gasteiger partial charge in [0, 0.05) is 18.8 Å². The molecule has 1 rings (SSSR count). The van der Waals surface area contributed by atoms with Crippen LogP contribution in [0.25, 0.3) is 0 Å². The van der Waals surface area contributed by atoms with Crippen molar-refractivity contribution in [1.82, 2.24) is 0 Å². The lowest BCUT2D eigenvalue weighted by Gasteiger charge is -2.23. The van der Waals surface area contributed by atoms with Crippen molar-refractivity contribution < 1.29 is 9.53 Å². The molecule has 0 aliphatic carbocycles. The van der Waals surface area contributed by atoms with Crippen LogP contribution in [0.2, 0.25) is 0 Å². The molecule has 1 amide bonds. The first-order valence-electron chi connectivity index (χ1n) is 5.59. The van der Waals surface area contributed by atoms with E-state index in [9.17, 15) is 4.79 Å². The smallest absolute Gasteiger partial charge is 0.256 e. The molecule has 0 heterocycles. The molecule has 0 aliphatic rings. The Bertz CT molecular complexity index is 400. The zero-order valence-corrected chi connectivity index (χ0v) is 10.8. The summed E-state index contributed by atoms with van der Waals surface area (Å²) in [4.78, 5) is 12.0. The molecule has 1 atom stereocenters. The quantitative estimate of drug-likeness (QED) is 0.841. The highest BCUT2D eigenvalue weighted by Crippen LogP contribution is 2.22. The molecule has 0 aliphatic heterocycles. The summed E-state index contributed by atoms with van der Waals surface area (Å²) in [7, 11) is 1.51. The fraction of sp³-hybridized carbons (Fsp3) is 0.462. The van der Waals surface area contributed by atoms with Crippen molar-refractivity contribution in [2.24, 2.45) is 5.73 Å². The van der Waals surface area contributed by atoms with Gasteiger partial charge in [0.2, 0.25) is 0 Å². The lowest BCUT2D eigenvalue weighted by atomic mass is 10.0. The number of hydrogen-bond acceptors (Lipinski definition) is 3. The van der Waals surface area contributed by atoms with Gasteiger partial charge in [0.15, 0.2) is 0 Å². The average Bonchev–Trinajstić information content (AvgIpc) is 2.29. The van der Waals surface area contributed by atoms with Crippen molar-refractivity contribution in [1.29, 1.82) is 0 Å².